The van der Waals surface area contributed by atoms with Crippen LogP contribution in [-0.2, 0) is 6.54 Å². The second-order valence-corrected chi connectivity index (χ2v) is 5.67. The first-order chi connectivity index (χ1) is 10.3. The van der Waals surface area contributed by atoms with Crippen molar-refractivity contribution in [3.63, 3.8) is 0 Å². The van der Waals surface area contributed by atoms with Gasteiger partial charge >= 0.3 is 0 Å². The maximum Gasteiger partial charge on any atom is 0.197 e. The van der Waals surface area contributed by atoms with Crippen LogP contribution < -0.4 is 10.9 Å². The topological polar surface area (TPSA) is 49.8 Å². The van der Waals surface area contributed by atoms with Gasteiger partial charge in [0.2, 0.25) is 0 Å². The van der Waals surface area contributed by atoms with Crippen molar-refractivity contribution >= 4 is 28.1 Å². The second kappa shape index (κ2) is 6.67. The van der Waals surface area contributed by atoms with E-state index in [-0.39, 0.29) is 0 Å². The molecule has 0 atom stereocenters. The van der Waals surface area contributed by atoms with Gasteiger partial charge in [0, 0.05) is 34.9 Å². The van der Waals surface area contributed by atoms with Crippen molar-refractivity contribution in [1.82, 2.24) is 15.4 Å². The first-order valence-corrected chi connectivity index (χ1v) is 7.66. The molecule has 21 heavy (non-hydrogen) atoms. The number of benzene rings is 1. The SMILES string of the molecule is Clc1ccc(-c2csc(NNCc3ccncc3)n2)cc1. The highest BCUT2D eigenvalue weighted by atomic mass is 35.5. The molecule has 2 aromatic heterocycles. The third kappa shape index (κ3) is 3.78. The third-order valence-electron chi connectivity index (χ3n) is 2.88. The van der Waals surface area contributed by atoms with Crippen LogP contribution in [0, 0.1) is 0 Å². The van der Waals surface area contributed by atoms with Gasteiger partial charge in [-0.15, -0.1) is 11.3 Å². The van der Waals surface area contributed by atoms with E-state index in [1.807, 2.05) is 41.8 Å². The largest absolute Gasteiger partial charge is 0.297 e. The third-order valence-corrected chi connectivity index (χ3v) is 3.89. The maximum absolute atomic E-state index is 5.89. The van der Waals surface area contributed by atoms with Gasteiger partial charge in [0.15, 0.2) is 5.13 Å². The lowest BCUT2D eigenvalue weighted by Gasteiger charge is -2.04. The highest BCUT2D eigenvalue weighted by Crippen LogP contribution is 2.25. The van der Waals surface area contributed by atoms with Gasteiger partial charge in [0.1, 0.15) is 0 Å². The smallest absolute Gasteiger partial charge is 0.197 e. The van der Waals surface area contributed by atoms with E-state index >= 15 is 0 Å². The number of nitrogens with one attached hydrogen (secondary N) is 2. The minimum Gasteiger partial charge on any atom is -0.297 e. The van der Waals surface area contributed by atoms with E-state index in [2.05, 4.69) is 20.8 Å². The van der Waals surface area contributed by atoms with E-state index < -0.39 is 0 Å². The second-order valence-electron chi connectivity index (χ2n) is 4.38. The van der Waals surface area contributed by atoms with Gasteiger partial charge in [-0.1, -0.05) is 23.7 Å². The number of halogens is 1. The summed E-state index contributed by atoms with van der Waals surface area (Å²) < 4.78 is 0. The number of anilines is 1. The number of aromatic nitrogens is 2. The molecule has 0 radical (unpaired) electrons. The van der Waals surface area contributed by atoms with Crippen LogP contribution in [0.15, 0.2) is 54.2 Å². The van der Waals surface area contributed by atoms with Crippen LogP contribution >= 0.6 is 22.9 Å². The molecular weight excluding hydrogens is 304 g/mol. The van der Waals surface area contributed by atoms with Gasteiger partial charge in [-0.05, 0) is 29.8 Å². The molecule has 3 rings (SSSR count). The van der Waals surface area contributed by atoms with Crippen LogP contribution in [0.4, 0.5) is 5.13 Å². The summed E-state index contributed by atoms with van der Waals surface area (Å²) in [6.07, 6.45) is 3.55. The van der Waals surface area contributed by atoms with E-state index in [9.17, 15) is 0 Å². The Balaban J connectivity index is 1.59. The van der Waals surface area contributed by atoms with Gasteiger partial charge in [-0.3, -0.25) is 10.4 Å². The van der Waals surface area contributed by atoms with E-state index in [0.29, 0.717) is 6.54 Å². The molecule has 0 saturated carbocycles. The molecule has 3 aromatic rings. The Bertz CT molecular complexity index is 697. The Hall–Kier alpha value is -1.95. The molecule has 0 spiro atoms. The lowest BCUT2D eigenvalue weighted by Crippen LogP contribution is -2.20. The number of rotatable bonds is 5. The predicted molar refractivity (Wildman–Crippen MR) is 87.3 cm³/mol. The van der Waals surface area contributed by atoms with Crippen molar-refractivity contribution in [2.24, 2.45) is 0 Å². The molecule has 106 valence electrons. The Morgan fingerprint density at radius 2 is 1.81 bits per heavy atom. The first kappa shape index (κ1) is 14.0. The van der Waals surface area contributed by atoms with Crippen LogP contribution in [0.5, 0.6) is 0 Å². The van der Waals surface area contributed by atoms with Crippen LogP contribution in [-0.4, -0.2) is 9.97 Å². The molecule has 6 heteroatoms. The van der Waals surface area contributed by atoms with E-state index in [1.54, 1.807) is 23.7 Å². The molecule has 0 aliphatic rings. The number of thiazole rings is 1. The summed E-state index contributed by atoms with van der Waals surface area (Å²) in [5, 5.41) is 3.57. The zero-order valence-electron chi connectivity index (χ0n) is 11.1. The molecule has 0 aliphatic heterocycles. The molecule has 0 bridgehead atoms. The summed E-state index contributed by atoms with van der Waals surface area (Å²) in [5.74, 6) is 0. The minimum absolute atomic E-state index is 0.707. The first-order valence-electron chi connectivity index (χ1n) is 6.40. The maximum atomic E-state index is 5.89. The zero-order chi connectivity index (χ0) is 14.5. The highest BCUT2D eigenvalue weighted by Gasteiger charge is 2.04. The molecular formula is C15H13ClN4S. The fourth-order valence-electron chi connectivity index (χ4n) is 1.81. The number of pyridine rings is 1. The van der Waals surface area contributed by atoms with E-state index in [0.717, 1.165) is 27.0 Å². The highest BCUT2D eigenvalue weighted by molar-refractivity contribution is 7.14. The quantitative estimate of drug-likeness (QED) is 0.699. The molecule has 2 heterocycles. The van der Waals surface area contributed by atoms with Crippen molar-refractivity contribution in [2.75, 3.05) is 5.43 Å². The predicted octanol–water partition coefficient (Wildman–Crippen LogP) is 3.98. The van der Waals surface area contributed by atoms with Crippen LogP contribution in [0.25, 0.3) is 11.3 Å². The Kier molecular flexibility index (Phi) is 4.45. The molecule has 1 aromatic carbocycles. The normalized spacial score (nSPS) is 10.5. The summed E-state index contributed by atoms with van der Waals surface area (Å²) in [6.45, 7) is 0.707. The molecule has 2 N–H and O–H groups in total. The molecule has 0 aliphatic carbocycles. The number of hydrogen-bond donors (Lipinski definition) is 2. The zero-order valence-corrected chi connectivity index (χ0v) is 12.7. The van der Waals surface area contributed by atoms with Gasteiger partial charge in [0.05, 0.1) is 5.69 Å². The minimum atomic E-state index is 0.707. The molecule has 0 unspecified atom stereocenters. The van der Waals surface area contributed by atoms with Crippen molar-refractivity contribution in [3.05, 3.63) is 64.8 Å². The van der Waals surface area contributed by atoms with Gasteiger partial charge in [-0.25, -0.2) is 10.4 Å². The van der Waals surface area contributed by atoms with E-state index in [1.165, 1.54) is 0 Å². The summed E-state index contributed by atoms with van der Waals surface area (Å²) in [4.78, 5) is 8.52. The van der Waals surface area contributed by atoms with Crippen LogP contribution in [0.2, 0.25) is 5.02 Å². The Labute approximate surface area is 131 Å². The number of hydrogen-bond acceptors (Lipinski definition) is 5. The fraction of sp³-hybridized carbons (Fsp3) is 0.0667. The molecule has 0 amide bonds. The van der Waals surface area contributed by atoms with Gasteiger partial charge in [-0.2, -0.15) is 0 Å². The average Bonchev–Trinajstić information content (AvgIpc) is 2.98. The lowest BCUT2D eigenvalue weighted by molar-refractivity contribution is 0.798. The molecule has 4 nitrogen and oxygen atoms in total. The monoisotopic (exact) mass is 316 g/mol. The van der Waals surface area contributed by atoms with Crippen molar-refractivity contribution in [1.29, 1.82) is 0 Å². The van der Waals surface area contributed by atoms with E-state index in [4.69, 9.17) is 11.6 Å². The van der Waals surface area contributed by atoms with Crippen molar-refractivity contribution in [2.45, 2.75) is 6.54 Å². The average molecular weight is 317 g/mol. The Morgan fingerprint density at radius 3 is 2.57 bits per heavy atom. The summed E-state index contributed by atoms with van der Waals surface area (Å²) in [5.41, 5.74) is 9.39. The fourth-order valence-corrected chi connectivity index (χ4v) is 2.63. The summed E-state index contributed by atoms with van der Waals surface area (Å²) >= 11 is 7.44. The van der Waals surface area contributed by atoms with Gasteiger partial charge < -0.3 is 0 Å². The van der Waals surface area contributed by atoms with Crippen molar-refractivity contribution in [3.8, 4) is 11.3 Å². The van der Waals surface area contributed by atoms with Crippen LogP contribution in [0.1, 0.15) is 5.56 Å². The lowest BCUT2D eigenvalue weighted by atomic mass is 10.2. The van der Waals surface area contributed by atoms with Crippen molar-refractivity contribution < 1.29 is 0 Å². The standard InChI is InChI=1S/C15H13ClN4S/c16-13-3-1-12(2-4-13)14-10-21-15(19-14)20-18-9-11-5-7-17-8-6-11/h1-8,10,18H,9H2,(H,19,20). The summed E-state index contributed by atoms with van der Waals surface area (Å²) in [7, 11) is 0. The number of hydrazine groups is 1. The molecule has 0 saturated heterocycles. The molecule has 0 fully saturated rings. The Morgan fingerprint density at radius 1 is 1.05 bits per heavy atom. The van der Waals surface area contributed by atoms with Crippen LogP contribution in [0.3, 0.4) is 0 Å². The van der Waals surface area contributed by atoms with Gasteiger partial charge in [0.25, 0.3) is 0 Å². The number of nitrogens with zero attached hydrogens (tertiary/aromatic N) is 2. The summed E-state index contributed by atoms with van der Waals surface area (Å²) in [6, 6.07) is 11.6.